The van der Waals surface area contributed by atoms with Gasteiger partial charge in [-0.2, -0.15) is 10.2 Å². The van der Waals surface area contributed by atoms with Crippen molar-refractivity contribution in [1.29, 1.82) is 0 Å². The molecule has 0 spiro atoms. The standard InChI is InChI=1S/C18H23N5/c1-14-11-21-23(13-14)16(3)15(2)19-12-17-5-7-18(8-6-17)22-10-4-9-20-22/h4-11,13,15-16,19H,12H2,1-3H3/t15-,16+/m0/s1. The zero-order valence-electron chi connectivity index (χ0n) is 13.8. The number of hydrogen-bond donors (Lipinski definition) is 1. The van der Waals surface area contributed by atoms with E-state index in [9.17, 15) is 0 Å². The van der Waals surface area contributed by atoms with Gasteiger partial charge in [-0.25, -0.2) is 4.68 Å². The molecule has 5 nitrogen and oxygen atoms in total. The van der Waals surface area contributed by atoms with Crippen molar-refractivity contribution in [3.63, 3.8) is 0 Å². The summed E-state index contributed by atoms with van der Waals surface area (Å²) in [6.45, 7) is 7.28. The quantitative estimate of drug-likeness (QED) is 0.761. The molecule has 3 aromatic rings. The van der Waals surface area contributed by atoms with Crippen LogP contribution in [0.15, 0.2) is 55.1 Å². The molecule has 0 fully saturated rings. The maximum atomic E-state index is 4.40. The molecule has 0 unspecified atom stereocenters. The maximum absolute atomic E-state index is 4.40. The topological polar surface area (TPSA) is 47.7 Å². The SMILES string of the molecule is Cc1cnn([C@H](C)[C@H](C)NCc2ccc(-n3cccn3)cc2)c1. The molecular formula is C18H23N5. The van der Waals surface area contributed by atoms with Crippen LogP contribution in [-0.2, 0) is 6.54 Å². The fraction of sp³-hybridized carbons (Fsp3) is 0.333. The van der Waals surface area contributed by atoms with Crippen molar-refractivity contribution < 1.29 is 0 Å². The lowest BCUT2D eigenvalue weighted by Crippen LogP contribution is -2.33. The highest BCUT2D eigenvalue weighted by Gasteiger charge is 2.14. The molecule has 0 aliphatic heterocycles. The Kier molecular flexibility index (Phi) is 4.57. The van der Waals surface area contributed by atoms with E-state index in [0.717, 1.165) is 12.2 Å². The van der Waals surface area contributed by atoms with E-state index in [1.54, 1.807) is 6.20 Å². The highest BCUT2D eigenvalue weighted by molar-refractivity contribution is 5.33. The Hall–Kier alpha value is -2.40. The molecule has 2 heterocycles. The van der Waals surface area contributed by atoms with Crippen LogP contribution in [0.4, 0.5) is 0 Å². The summed E-state index contributed by atoms with van der Waals surface area (Å²) in [6.07, 6.45) is 7.72. The van der Waals surface area contributed by atoms with E-state index in [-0.39, 0.29) is 0 Å². The number of hydrogen-bond acceptors (Lipinski definition) is 3. The second-order valence-electron chi connectivity index (χ2n) is 6.02. The van der Waals surface area contributed by atoms with Crippen molar-refractivity contribution in [1.82, 2.24) is 24.9 Å². The van der Waals surface area contributed by atoms with Gasteiger partial charge in [0.1, 0.15) is 0 Å². The van der Waals surface area contributed by atoms with Crippen LogP contribution in [0.25, 0.3) is 5.69 Å². The van der Waals surface area contributed by atoms with Gasteiger partial charge in [-0.05, 0) is 50.1 Å². The predicted molar refractivity (Wildman–Crippen MR) is 91.5 cm³/mol. The van der Waals surface area contributed by atoms with Crippen LogP contribution < -0.4 is 5.32 Å². The molecular weight excluding hydrogens is 286 g/mol. The normalized spacial score (nSPS) is 13.9. The smallest absolute Gasteiger partial charge is 0.0645 e. The molecule has 0 saturated heterocycles. The fourth-order valence-corrected chi connectivity index (χ4v) is 2.52. The summed E-state index contributed by atoms with van der Waals surface area (Å²) in [6, 6.07) is 11.0. The summed E-state index contributed by atoms with van der Waals surface area (Å²) >= 11 is 0. The van der Waals surface area contributed by atoms with Crippen molar-refractivity contribution in [2.24, 2.45) is 0 Å². The predicted octanol–water partition coefficient (Wildman–Crippen LogP) is 3.12. The summed E-state index contributed by atoms with van der Waals surface area (Å²) in [5.41, 5.74) is 3.53. The number of aromatic nitrogens is 4. The van der Waals surface area contributed by atoms with Gasteiger partial charge < -0.3 is 5.32 Å². The molecule has 0 amide bonds. The van der Waals surface area contributed by atoms with E-state index in [0.29, 0.717) is 12.1 Å². The molecule has 2 aromatic heterocycles. The first-order chi connectivity index (χ1) is 11.1. The molecule has 0 saturated carbocycles. The molecule has 0 bridgehead atoms. The van der Waals surface area contributed by atoms with Crippen molar-refractivity contribution >= 4 is 0 Å². The first-order valence-corrected chi connectivity index (χ1v) is 7.96. The molecule has 1 aromatic carbocycles. The molecule has 120 valence electrons. The molecule has 2 atom stereocenters. The Morgan fingerprint density at radius 1 is 1.13 bits per heavy atom. The van der Waals surface area contributed by atoms with Crippen LogP contribution in [0.1, 0.15) is 31.0 Å². The molecule has 3 rings (SSSR count). The van der Waals surface area contributed by atoms with Gasteiger partial charge in [0, 0.05) is 31.2 Å². The number of aryl methyl sites for hydroxylation is 1. The van der Waals surface area contributed by atoms with Gasteiger partial charge in [0.05, 0.1) is 17.9 Å². The van der Waals surface area contributed by atoms with E-state index >= 15 is 0 Å². The average molecular weight is 309 g/mol. The highest BCUT2D eigenvalue weighted by atomic mass is 15.3. The summed E-state index contributed by atoms with van der Waals surface area (Å²) in [4.78, 5) is 0. The Morgan fingerprint density at radius 3 is 2.52 bits per heavy atom. The molecule has 0 radical (unpaired) electrons. The van der Waals surface area contributed by atoms with Gasteiger partial charge in [0.2, 0.25) is 0 Å². The first kappa shape index (κ1) is 15.5. The van der Waals surface area contributed by atoms with Crippen LogP contribution in [0.3, 0.4) is 0 Å². The van der Waals surface area contributed by atoms with Crippen molar-refractivity contribution in [2.75, 3.05) is 0 Å². The van der Waals surface area contributed by atoms with E-state index < -0.39 is 0 Å². The summed E-state index contributed by atoms with van der Waals surface area (Å²) in [5, 5.41) is 12.2. The zero-order valence-corrected chi connectivity index (χ0v) is 13.8. The third kappa shape index (κ3) is 3.68. The van der Waals surface area contributed by atoms with Crippen molar-refractivity contribution in [3.05, 3.63) is 66.2 Å². The van der Waals surface area contributed by atoms with Crippen LogP contribution in [0.2, 0.25) is 0 Å². The van der Waals surface area contributed by atoms with Gasteiger partial charge in [0.15, 0.2) is 0 Å². The lowest BCUT2D eigenvalue weighted by Gasteiger charge is -2.22. The minimum Gasteiger partial charge on any atom is -0.308 e. The van der Waals surface area contributed by atoms with Crippen LogP contribution >= 0.6 is 0 Å². The fourth-order valence-electron chi connectivity index (χ4n) is 2.52. The number of benzene rings is 1. The van der Waals surface area contributed by atoms with Crippen molar-refractivity contribution in [2.45, 2.75) is 39.4 Å². The maximum Gasteiger partial charge on any atom is 0.0645 e. The Bertz CT molecular complexity index is 727. The molecule has 23 heavy (non-hydrogen) atoms. The molecule has 0 aliphatic carbocycles. The van der Waals surface area contributed by atoms with Crippen LogP contribution in [0, 0.1) is 6.92 Å². The number of rotatable bonds is 6. The third-order valence-corrected chi connectivity index (χ3v) is 4.20. The summed E-state index contributed by atoms with van der Waals surface area (Å²) < 4.78 is 3.88. The van der Waals surface area contributed by atoms with Gasteiger partial charge in [-0.1, -0.05) is 12.1 Å². The van der Waals surface area contributed by atoms with Gasteiger partial charge in [-0.15, -0.1) is 0 Å². The number of nitrogens with one attached hydrogen (secondary N) is 1. The molecule has 5 heteroatoms. The lowest BCUT2D eigenvalue weighted by atomic mass is 10.1. The van der Waals surface area contributed by atoms with Gasteiger partial charge in [0.25, 0.3) is 0 Å². The van der Waals surface area contributed by atoms with E-state index in [1.807, 2.05) is 27.8 Å². The second-order valence-corrected chi connectivity index (χ2v) is 6.02. The van der Waals surface area contributed by atoms with Crippen LogP contribution in [-0.4, -0.2) is 25.6 Å². The second kappa shape index (κ2) is 6.79. The van der Waals surface area contributed by atoms with E-state index in [2.05, 4.69) is 66.7 Å². The first-order valence-electron chi connectivity index (χ1n) is 7.96. The molecule has 1 N–H and O–H groups in total. The minimum atomic E-state index is 0.312. The van der Waals surface area contributed by atoms with Gasteiger partial charge in [-0.3, -0.25) is 4.68 Å². The average Bonchev–Trinajstić information content (AvgIpc) is 3.24. The Balaban J connectivity index is 1.57. The van der Waals surface area contributed by atoms with Crippen LogP contribution in [0.5, 0.6) is 0 Å². The van der Waals surface area contributed by atoms with Gasteiger partial charge >= 0.3 is 0 Å². The minimum absolute atomic E-state index is 0.312. The third-order valence-electron chi connectivity index (χ3n) is 4.20. The zero-order chi connectivity index (χ0) is 16.2. The van der Waals surface area contributed by atoms with E-state index in [4.69, 9.17) is 0 Å². The van der Waals surface area contributed by atoms with Crippen molar-refractivity contribution in [3.8, 4) is 5.69 Å². The summed E-state index contributed by atoms with van der Waals surface area (Å²) in [7, 11) is 0. The molecule has 0 aliphatic rings. The lowest BCUT2D eigenvalue weighted by molar-refractivity contribution is 0.365. The number of nitrogens with zero attached hydrogens (tertiary/aromatic N) is 4. The largest absolute Gasteiger partial charge is 0.308 e. The highest BCUT2D eigenvalue weighted by Crippen LogP contribution is 2.13. The Morgan fingerprint density at radius 2 is 1.91 bits per heavy atom. The summed E-state index contributed by atoms with van der Waals surface area (Å²) in [5.74, 6) is 0. The Labute approximate surface area is 136 Å². The van der Waals surface area contributed by atoms with E-state index in [1.165, 1.54) is 11.1 Å². The monoisotopic (exact) mass is 309 g/mol.